The van der Waals surface area contributed by atoms with Gasteiger partial charge in [-0.15, -0.1) is 0 Å². The molecule has 1 rings (SSSR count). The topological polar surface area (TPSA) is 12.5 Å². The van der Waals surface area contributed by atoms with Crippen molar-refractivity contribution in [2.45, 2.75) is 32.7 Å². The van der Waals surface area contributed by atoms with Gasteiger partial charge in [0.2, 0.25) is 0 Å². The van der Waals surface area contributed by atoms with E-state index in [1.807, 2.05) is 0 Å². The smallest absolute Gasteiger partial charge is 0.0630 e. The number of hydrogen-bond donors (Lipinski definition) is 0. The lowest BCUT2D eigenvalue weighted by Crippen LogP contribution is -2.48. The van der Waals surface area contributed by atoms with Gasteiger partial charge in [-0.05, 0) is 12.3 Å². The second kappa shape index (κ2) is 6.81. The maximum Gasteiger partial charge on any atom is 0.0630 e. The first kappa shape index (κ1) is 12.5. The van der Waals surface area contributed by atoms with Crippen LogP contribution in [0.5, 0.6) is 0 Å². The Morgan fingerprint density at radius 3 is 3.00 bits per heavy atom. The number of halogens is 1. The largest absolute Gasteiger partial charge is 0.378 e. The molecular weight excluding hydrogens is 242 g/mol. The standard InChI is InChI=1S/C11H22BrNO/c1-3-4-10(2)8-13-5-6-14-9-11(13)7-12/h10-11H,3-9H2,1-2H3. The first-order chi connectivity index (χ1) is 6.77. The quantitative estimate of drug-likeness (QED) is 0.707. The van der Waals surface area contributed by atoms with Crippen LogP contribution in [0.2, 0.25) is 0 Å². The molecule has 2 atom stereocenters. The average Bonchev–Trinajstić information content (AvgIpc) is 2.19. The lowest BCUT2D eigenvalue weighted by Gasteiger charge is -2.36. The highest BCUT2D eigenvalue weighted by atomic mass is 79.9. The molecule has 1 saturated heterocycles. The van der Waals surface area contributed by atoms with Gasteiger partial charge in [0, 0.05) is 24.5 Å². The molecule has 1 fully saturated rings. The fourth-order valence-corrected chi connectivity index (χ4v) is 2.65. The molecule has 0 amide bonds. The van der Waals surface area contributed by atoms with Crippen molar-refractivity contribution in [1.82, 2.24) is 4.90 Å². The molecule has 84 valence electrons. The van der Waals surface area contributed by atoms with E-state index < -0.39 is 0 Å². The van der Waals surface area contributed by atoms with Crippen molar-refractivity contribution < 1.29 is 4.74 Å². The summed E-state index contributed by atoms with van der Waals surface area (Å²) >= 11 is 3.56. The fraction of sp³-hybridized carbons (Fsp3) is 1.00. The van der Waals surface area contributed by atoms with Crippen LogP contribution in [0.4, 0.5) is 0 Å². The predicted molar refractivity (Wildman–Crippen MR) is 64.0 cm³/mol. The van der Waals surface area contributed by atoms with Gasteiger partial charge in [0.05, 0.1) is 13.2 Å². The molecule has 14 heavy (non-hydrogen) atoms. The molecule has 0 aromatic carbocycles. The Hall–Kier alpha value is 0.400. The molecule has 3 heteroatoms. The third-order valence-corrected chi connectivity index (χ3v) is 3.60. The summed E-state index contributed by atoms with van der Waals surface area (Å²) in [7, 11) is 0. The minimum Gasteiger partial charge on any atom is -0.378 e. The van der Waals surface area contributed by atoms with Crippen LogP contribution in [0, 0.1) is 5.92 Å². The Labute approximate surface area is 96.1 Å². The van der Waals surface area contributed by atoms with Crippen LogP contribution >= 0.6 is 15.9 Å². The van der Waals surface area contributed by atoms with Gasteiger partial charge < -0.3 is 4.74 Å². The monoisotopic (exact) mass is 263 g/mol. The van der Waals surface area contributed by atoms with Gasteiger partial charge in [-0.1, -0.05) is 36.2 Å². The summed E-state index contributed by atoms with van der Waals surface area (Å²) in [4.78, 5) is 2.57. The van der Waals surface area contributed by atoms with E-state index in [-0.39, 0.29) is 0 Å². The summed E-state index contributed by atoms with van der Waals surface area (Å²) in [5.74, 6) is 0.819. The van der Waals surface area contributed by atoms with Crippen LogP contribution in [0.25, 0.3) is 0 Å². The highest BCUT2D eigenvalue weighted by Gasteiger charge is 2.22. The zero-order chi connectivity index (χ0) is 10.4. The summed E-state index contributed by atoms with van der Waals surface area (Å²) in [5.41, 5.74) is 0. The van der Waals surface area contributed by atoms with Gasteiger partial charge in [-0.3, -0.25) is 4.90 Å². The zero-order valence-corrected chi connectivity index (χ0v) is 10.9. The van der Waals surface area contributed by atoms with E-state index in [0.717, 1.165) is 31.0 Å². The van der Waals surface area contributed by atoms with Gasteiger partial charge in [0.1, 0.15) is 0 Å². The molecule has 1 aliphatic heterocycles. The molecule has 0 saturated carbocycles. The van der Waals surface area contributed by atoms with E-state index in [1.54, 1.807) is 0 Å². The molecule has 0 bridgehead atoms. The van der Waals surface area contributed by atoms with E-state index in [1.165, 1.54) is 19.4 Å². The lowest BCUT2D eigenvalue weighted by atomic mass is 10.0. The Morgan fingerprint density at radius 1 is 1.57 bits per heavy atom. The molecule has 0 aromatic heterocycles. The molecule has 0 spiro atoms. The molecule has 1 heterocycles. The van der Waals surface area contributed by atoms with Crippen molar-refractivity contribution in [2.24, 2.45) is 5.92 Å². The predicted octanol–water partition coefficient (Wildman–Crippen LogP) is 2.52. The summed E-state index contributed by atoms with van der Waals surface area (Å²) in [6.07, 6.45) is 2.64. The summed E-state index contributed by atoms with van der Waals surface area (Å²) in [5, 5.41) is 1.03. The van der Waals surface area contributed by atoms with E-state index in [4.69, 9.17) is 4.74 Å². The highest BCUT2D eigenvalue weighted by Crippen LogP contribution is 2.14. The normalized spacial score (nSPS) is 26.4. The zero-order valence-electron chi connectivity index (χ0n) is 9.34. The van der Waals surface area contributed by atoms with Gasteiger partial charge in [0.15, 0.2) is 0 Å². The summed E-state index contributed by atoms with van der Waals surface area (Å²) in [6.45, 7) is 8.74. The third kappa shape index (κ3) is 3.87. The van der Waals surface area contributed by atoms with Crippen LogP contribution in [0.3, 0.4) is 0 Å². The molecule has 0 aromatic rings. The molecule has 0 N–H and O–H groups in total. The van der Waals surface area contributed by atoms with E-state index in [2.05, 4.69) is 34.7 Å². The van der Waals surface area contributed by atoms with Crippen molar-refractivity contribution in [1.29, 1.82) is 0 Å². The first-order valence-corrected chi connectivity index (χ1v) is 6.77. The fourth-order valence-electron chi connectivity index (χ4n) is 2.06. The Kier molecular flexibility index (Phi) is 6.06. The van der Waals surface area contributed by atoms with E-state index in [9.17, 15) is 0 Å². The Bertz CT molecular complexity index is 154. The first-order valence-electron chi connectivity index (χ1n) is 5.65. The van der Waals surface area contributed by atoms with Gasteiger partial charge in [-0.25, -0.2) is 0 Å². The number of alkyl halides is 1. The van der Waals surface area contributed by atoms with Gasteiger partial charge >= 0.3 is 0 Å². The SMILES string of the molecule is CCCC(C)CN1CCOCC1CBr. The molecular formula is C11H22BrNO. The molecule has 2 unspecified atom stereocenters. The van der Waals surface area contributed by atoms with Gasteiger partial charge in [-0.2, -0.15) is 0 Å². The van der Waals surface area contributed by atoms with E-state index >= 15 is 0 Å². The Balaban J connectivity index is 2.32. The number of rotatable bonds is 5. The van der Waals surface area contributed by atoms with E-state index in [0.29, 0.717) is 6.04 Å². The van der Waals surface area contributed by atoms with Crippen LogP contribution < -0.4 is 0 Å². The summed E-state index contributed by atoms with van der Waals surface area (Å²) < 4.78 is 5.47. The molecule has 0 aliphatic carbocycles. The van der Waals surface area contributed by atoms with Crippen LogP contribution in [0.15, 0.2) is 0 Å². The van der Waals surface area contributed by atoms with Crippen molar-refractivity contribution in [3.63, 3.8) is 0 Å². The number of ether oxygens (including phenoxy) is 1. The number of morpholine rings is 1. The number of hydrogen-bond acceptors (Lipinski definition) is 2. The summed E-state index contributed by atoms with van der Waals surface area (Å²) in [6, 6.07) is 0.586. The van der Waals surface area contributed by atoms with Crippen LogP contribution in [0.1, 0.15) is 26.7 Å². The molecule has 2 nitrogen and oxygen atoms in total. The second-order valence-corrected chi connectivity index (χ2v) is 4.92. The third-order valence-electron chi connectivity index (χ3n) is 2.86. The lowest BCUT2D eigenvalue weighted by molar-refractivity contribution is -0.00446. The Morgan fingerprint density at radius 2 is 2.36 bits per heavy atom. The number of nitrogens with zero attached hydrogens (tertiary/aromatic N) is 1. The van der Waals surface area contributed by atoms with Crippen molar-refractivity contribution in [2.75, 3.05) is 31.6 Å². The maximum atomic E-state index is 5.47. The van der Waals surface area contributed by atoms with Crippen LogP contribution in [-0.2, 0) is 4.74 Å². The second-order valence-electron chi connectivity index (χ2n) is 4.27. The highest BCUT2D eigenvalue weighted by molar-refractivity contribution is 9.09. The molecule has 0 radical (unpaired) electrons. The minimum atomic E-state index is 0.586. The maximum absolute atomic E-state index is 5.47. The molecule has 1 aliphatic rings. The minimum absolute atomic E-state index is 0.586. The van der Waals surface area contributed by atoms with Crippen molar-refractivity contribution in [3.05, 3.63) is 0 Å². The van der Waals surface area contributed by atoms with Crippen LogP contribution in [-0.4, -0.2) is 42.6 Å². The average molecular weight is 264 g/mol. The van der Waals surface area contributed by atoms with Gasteiger partial charge in [0.25, 0.3) is 0 Å². The van der Waals surface area contributed by atoms with Crippen molar-refractivity contribution in [3.8, 4) is 0 Å². The van der Waals surface area contributed by atoms with Crippen molar-refractivity contribution >= 4 is 15.9 Å².